The maximum absolute atomic E-state index is 13.1. The number of imide groups is 1. The van der Waals surface area contributed by atoms with E-state index in [2.05, 4.69) is 0 Å². The van der Waals surface area contributed by atoms with E-state index >= 15 is 0 Å². The van der Waals surface area contributed by atoms with Gasteiger partial charge in [0.25, 0.3) is 5.91 Å². The number of esters is 1. The second-order valence-electron chi connectivity index (χ2n) is 6.92. The number of allylic oxidation sites excluding steroid dienone is 1. The number of nitrogens with zero attached hydrogens (tertiary/aromatic N) is 1. The van der Waals surface area contributed by atoms with Crippen LogP contribution in [0.3, 0.4) is 0 Å². The Morgan fingerprint density at radius 1 is 1.20 bits per heavy atom. The van der Waals surface area contributed by atoms with E-state index in [4.69, 9.17) is 19.9 Å². The van der Waals surface area contributed by atoms with Gasteiger partial charge in [0.1, 0.15) is 5.76 Å². The lowest BCUT2D eigenvalue weighted by atomic mass is 10.0. The van der Waals surface area contributed by atoms with Gasteiger partial charge in [-0.3, -0.25) is 10.1 Å². The monoisotopic (exact) mass is 405 g/mol. The van der Waals surface area contributed by atoms with Crippen LogP contribution in [0.5, 0.6) is 0 Å². The Balaban J connectivity index is 1.75. The molecule has 152 valence electrons. The van der Waals surface area contributed by atoms with Gasteiger partial charge < -0.3 is 14.9 Å². The Hall–Kier alpha value is -3.94. The van der Waals surface area contributed by atoms with Gasteiger partial charge in [-0.1, -0.05) is 18.2 Å². The highest BCUT2D eigenvalue weighted by Gasteiger charge is 2.29. The average Bonchev–Trinajstić information content (AvgIpc) is 3.36. The summed E-state index contributed by atoms with van der Waals surface area (Å²) in [6.45, 7) is 1.38. The Labute approximate surface area is 171 Å². The molecule has 0 fully saturated rings. The number of ether oxygens (including phenoxy) is 1. The van der Waals surface area contributed by atoms with Crippen LogP contribution < -0.4 is 11.1 Å². The van der Waals surface area contributed by atoms with Crippen molar-refractivity contribution in [2.45, 2.75) is 25.9 Å². The fourth-order valence-corrected chi connectivity index (χ4v) is 3.55. The highest BCUT2D eigenvalue weighted by molar-refractivity contribution is 6.08. The van der Waals surface area contributed by atoms with Crippen LogP contribution in [-0.2, 0) is 16.0 Å². The summed E-state index contributed by atoms with van der Waals surface area (Å²) < 4.78 is 10.8. The third-order valence-corrected chi connectivity index (χ3v) is 4.91. The maximum atomic E-state index is 13.1. The standard InChI is InChI=1S/C22H19N3O5/c1-12(20(26)25-22(23)28)30-21(27)18-15-6-2-3-7-17(15)24-19-13(8-9-16(18)19)11-14-5-4-10-29-14/h2-7,10-12H,8-9H2,1H3,(H3,23,25,26,28)/t12-/m1/s1. The van der Waals surface area contributed by atoms with E-state index in [0.717, 1.165) is 11.1 Å². The molecule has 1 aromatic carbocycles. The number of aromatic nitrogens is 1. The molecule has 3 aromatic rings. The van der Waals surface area contributed by atoms with Gasteiger partial charge in [-0.15, -0.1) is 0 Å². The van der Waals surface area contributed by atoms with Crippen molar-refractivity contribution in [1.82, 2.24) is 10.3 Å². The fraction of sp³-hybridized carbons (Fsp3) is 0.182. The molecule has 0 spiro atoms. The number of pyridine rings is 1. The summed E-state index contributed by atoms with van der Waals surface area (Å²) >= 11 is 0. The van der Waals surface area contributed by atoms with E-state index in [1.165, 1.54) is 6.92 Å². The predicted molar refractivity (Wildman–Crippen MR) is 109 cm³/mol. The first-order chi connectivity index (χ1) is 14.4. The minimum atomic E-state index is -1.19. The number of nitrogens with two attached hydrogens (primary N) is 1. The van der Waals surface area contributed by atoms with E-state index in [0.29, 0.717) is 40.8 Å². The Kier molecular flexibility index (Phi) is 5.05. The molecule has 0 aliphatic heterocycles. The van der Waals surface area contributed by atoms with Crippen molar-refractivity contribution in [1.29, 1.82) is 0 Å². The van der Waals surface area contributed by atoms with E-state index in [-0.39, 0.29) is 0 Å². The lowest BCUT2D eigenvalue weighted by Gasteiger charge is -2.15. The molecule has 1 aliphatic carbocycles. The van der Waals surface area contributed by atoms with Crippen LogP contribution >= 0.6 is 0 Å². The summed E-state index contributed by atoms with van der Waals surface area (Å²) in [4.78, 5) is 40.6. The van der Waals surface area contributed by atoms with Gasteiger partial charge >= 0.3 is 12.0 Å². The Bertz CT molecular complexity index is 1180. The number of fused-ring (bicyclic) bond motifs is 2. The predicted octanol–water partition coefficient (Wildman–Crippen LogP) is 3.05. The molecule has 1 atom stereocenters. The van der Waals surface area contributed by atoms with Crippen molar-refractivity contribution in [3.63, 3.8) is 0 Å². The Morgan fingerprint density at radius 3 is 2.73 bits per heavy atom. The van der Waals surface area contributed by atoms with E-state index in [1.807, 2.05) is 35.7 Å². The lowest BCUT2D eigenvalue weighted by Crippen LogP contribution is -2.42. The van der Waals surface area contributed by atoms with Gasteiger partial charge in [-0.2, -0.15) is 0 Å². The number of furan rings is 1. The zero-order valence-corrected chi connectivity index (χ0v) is 16.2. The molecule has 2 aromatic heterocycles. The Morgan fingerprint density at radius 2 is 2.00 bits per heavy atom. The van der Waals surface area contributed by atoms with Crippen molar-refractivity contribution in [3.05, 3.63) is 65.2 Å². The van der Waals surface area contributed by atoms with Gasteiger partial charge in [-0.25, -0.2) is 14.6 Å². The molecule has 8 nitrogen and oxygen atoms in total. The normalized spacial score (nSPS) is 15.0. The van der Waals surface area contributed by atoms with Gasteiger partial charge in [0.05, 0.1) is 23.0 Å². The molecule has 0 unspecified atom stereocenters. The molecule has 0 saturated carbocycles. The number of hydrogen-bond acceptors (Lipinski definition) is 6. The van der Waals surface area contributed by atoms with Crippen LogP contribution in [0.4, 0.5) is 4.79 Å². The van der Waals surface area contributed by atoms with Crippen LogP contribution in [0.2, 0.25) is 0 Å². The molecule has 0 saturated heterocycles. The summed E-state index contributed by atoms with van der Waals surface area (Å²) in [5.74, 6) is -0.742. The molecule has 1 aliphatic rings. The van der Waals surface area contributed by atoms with Crippen molar-refractivity contribution in [2.75, 3.05) is 0 Å². The number of urea groups is 1. The number of rotatable bonds is 4. The largest absolute Gasteiger partial charge is 0.465 e. The van der Waals surface area contributed by atoms with Crippen LogP contribution in [0.15, 0.2) is 47.1 Å². The van der Waals surface area contributed by atoms with Gasteiger partial charge in [-0.05, 0) is 55.2 Å². The summed E-state index contributed by atoms with van der Waals surface area (Å²) in [6, 6.07) is 9.90. The summed E-state index contributed by atoms with van der Waals surface area (Å²) in [6.07, 6.45) is 3.61. The second kappa shape index (κ2) is 7.82. The SMILES string of the molecule is C[C@@H](OC(=O)c1c2c(nc3ccccc13)C(=Cc1ccco1)CC2)C(=O)NC(N)=O. The molecule has 3 amide bonds. The minimum Gasteiger partial charge on any atom is -0.465 e. The number of amides is 3. The molecule has 0 radical (unpaired) electrons. The minimum absolute atomic E-state index is 0.372. The number of para-hydroxylation sites is 1. The zero-order valence-electron chi connectivity index (χ0n) is 16.2. The number of carbonyl (C=O) groups is 3. The van der Waals surface area contributed by atoms with E-state index < -0.39 is 24.0 Å². The number of primary amides is 1. The van der Waals surface area contributed by atoms with E-state index in [1.54, 1.807) is 18.4 Å². The molecule has 2 heterocycles. The summed E-state index contributed by atoms with van der Waals surface area (Å²) in [7, 11) is 0. The average molecular weight is 405 g/mol. The van der Waals surface area contributed by atoms with Crippen LogP contribution in [0.1, 0.15) is 40.7 Å². The quantitative estimate of drug-likeness (QED) is 0.643. The molecule has 4 rings (SSSR count). The number of benzene rings is 1. The van der Waals surface area contributed by atoms with Crippen molar-refractivity contribution in [3.8, 4) is 0 Å². The molecule has 3 N–H and O–H groups in total. The molecule has 30 heavy (non-hydrogen) atoms. The first-order valence-electron chi connectivity index (χ1n) is 9.41. The first kappa shape index (κ1) is 19.4. The fourth-order valence-electron chi connectivity index (χ4n) is 3.55. The smallest absolute Gasteiger partial charge is 0.339 e. The second-order valence-corrected chi connectivity index (χ2v) is 6.92. The third kappa shape index (κ3) is 3.67. The highest BCUT2D eigenvalue weighted by atomic mass is 16.5. The van der Waals surface area contributed by atoms with Crippen LogP contribution in [0.25, 0.3) is 22.6 Å². The van der Waals surface area contributed by atoms with Gasteiger partial charge in [0.15, 0.2) is 6.10 Å². The van der Waals surface area contributed by atoms with Crippen molar-refractivity contribution in [2.24, 2.45) is 5.73 Å². The van der Waals surface area contributed by atoms with Crippen molar-refractivity contribution >= 4 is 40.5 Å². The van der Waals surface area contributed by atoms with Crippen LogP contribution in [-0.4, -0.2) is 29.0 Å². The third-order valence-electron chi connectivity index (χ3n) is 4.91. The molecular formula is C22H19N3O5. The summed E-state index contributed by atoms with van der Waals surface area (Å²) in [5, 5.41) is 2.55. The zero-order chi connectivity index (χ0) is 21.3. The van der Waals surface area contributed by atoms with Crippen LogP contribution in [0, 0.1) is 0 Å². The number of hydrogen-bond donors (Lipinski definition) is 2. The highest BCUT2D eigenvalue weighted by Crippen LogP contribution is 2.37. The summed E-state index contributed by atoms with van der Waals surface area (Å²) in [5.41, 5.74) is 8.41. The topological polar surface area (TPSA) is 125 Å². The number of nitrogens with one attached hydrogen (secondary N) is 1. The molecular weight excluding hydrogens is 386 g/mol. The lowest BCUT2D eigenvalue weighted by molar-refractivity contribution is -0.127. The maximum Gasteiger partial charge on any atom is 0.339 e. The van der Waals surface area contributed by atoms with Gasteiger partial charge in [0.2, 0.25) is 0 Å². The van der Waals surface area contributed by atoms with Gasteiger partial charge in [0, 0.05) is 5.39 Å². The first-order valence-corrected chi connectivity index (χ1v) is 9.41. The van der Waals surface area contributed by atoms with Crippen molar-refractivity contribution < 1.29 is 23.5 Å². The van der Waals surface area contributed by atoms with E-state index in [9.17, 15) is 14.4 Å². The molecule has 0 bridgehead atoms. The number of carbonyl (C=O) groups excluding carboxylic acids is 3. The molecule has 8 heteroatoms.